The van der Waals surface area contributed by atoms with Crippen molar-refractivity contribution < 1.29 is 9.22 Å². The van der Waals surface area contributed by atoms with Crippen LogP contribution in [0.4, 0.5) is 4.79 Å². The molecule has 0 aliphatic carbocycles. The predicted octanol–water partition coefficient (Wildman–Crippen LogP) is 0.206. The Bertz CT molecular complexity index is 76.4. The molecular formula is C4H8NO2Si. The van der Waals surface area contributed by atoms with E-state index in [0.717, 1.165) is 6.42 Å². The molecule has 45 valence electrons. The Morgan fingerprint density at radius 2 is 2.50 bits per heavy atom. The lowest BCUT2D eigenvalue weighted by molar-refractivity contribution is 0.204. The van der Waals surface area contributed by atoms with Crippen molar-refractivity contribution in [3.05, 3.63) is 0 Å². The van der Waals surface area contributed by atoms with Crippen LogP contribution in [0.3, 0.4) is 0 Å². The minimum absolute atomic E-state index is 0.441. The normalized spacial score (nSPS) is 8.25. The fraction of sp³-hybridized carbons (Fsp3) is 0.750. The summed E-state index contributed by atoms with van der Waals surface area (Å²) in [4.78, 5) is 10.2. The second kappa shape index (κ2) is 4.64. The highest BCUT2D eigenvalue weighted by molar-refractivity contribution is 6.04. The molecule has 3 radical (unpaired) electrons. The highest BCUT2D eigenvalue weighted by Gasteiger charge is 1.91. The van der Waals surface area contributed by atoms with Gasteiger partial charge in [0.25, 0.3) is 0 Å². The van der Waals surface area contributed by atoms with E-state index in [-0.39, 0.29) is 0 Å². The van der Waals surface area contributed by atoms with Gasteiger partial charge in [0, 0.05) is 6.54 Å². The molecule has 8 heavy (non-hydrogen) atoms. The molecule has 4 heteroatoms. The number of carbonyl (C=O) groups excluding carboxylic acids is 1. The lowest BCUT2D eigenvalue weighted by atomic mass is 10.5. The Labute approximate surface area is 52.0 Å². The Hall–Kier alpha value is -0.513. The summed E-state index contributed by atoms with van der Waals surface area (Å²) in [5.41, 5.74) is 0. The van der Waals surface area contributed by atoms with E-state index in [4.69, 9.17) is 0 Å². The molecule has 0 atom stereocenters. The van der Waals surface area contributed by atoms with Crippen molar-refractivity contribution in [1.82, 2.24) is 5.32 Å². The second-order valence-electron chi connectivity index (χ2n) is 1.32. The van der Waals surface area contributed by atoms with Crippen LogP contribution in [0.2, 0.25) is 0 Å². The molecule has 3 nitrogen and oxygen atoms in total. The SMILES string of the molecule is CCCNC(=O)O[Si]. The van der Waals surface area contributed by atoms with Crippen LogP contribution in [0.5, 0.6) is 0 Å². The number of rotatable bonds is 2. The third-order valence-corrected chi connectivity index (χ3v) is 0.797. The van der Waals surface area contributed by atoms with Crippen LogP contribution in [0.25, 0.3) is 0 Å². The van der Waals surface area contributed by atoms with Crippen LogP contribution < -0.4 is 5.32 Å². The zero-order chi connectivity index (χ0) is 6.41. The molecule has 0 fully saturated rings. The smallest absolute Gasteiger partial charge is 0.393 e. The van der Waals surface area contributed by atoms with Gasteiger partial charge < -0.3 is 9.74 Å². The standard InChI is InChI=1S/C4H8NO2Si/c1-2-3-5-4(6)7-8/h2-3H2,1H3,(H,5,6). The van der Waals surface area contributed by atoms with Gasteiger partial charge in [0.1, 0.15) is 0 Å². The summed E-state index contributed by atoms with van der Waals surface area (Å²) in [6, 6.07) is 0. The van der Waals surface area contributed by atoms with Crippen LogP contribution in [0.15, 0.2) is 0 Å². The molecule has 0 bridgehead atoms. The minimum Gasteiger partial charge on any atom is -0.501 e. The van der Waals surface area contributed by atoms with Gasteiger partial charge in [-0.15, -0.1) is 0 Å². The van der Waals surface area contributed by atoms with Gasteiger partial charge in [-0.3, -0.25) is 0 Å². The van der Waals surface area contributed by atoms with Crippen LogP contribution in [-0.2, 0) is 4.43 Å². The van der Waals surface area contributed by atoms with Crippen molar-refractivity contribution in [2.45, 2.75) is 13.3 Å². The molecule has 0 unspecified atom stereocenters. The van der Waals surface area contributed by atoms with E-state index in [2.05, 4.69) is 20.2 Å². The van der Waals surface area contributed by atoms with Gasteiger partial charge in [-0.05, 0) is 6.42 Å². The molecule has 0 saturated heterocycles. The van der Waals surface area contributed by atoms with E-state index in [9.17, 15) is 4.79 Å². The van der Waals surface area contributed by atoms with Gasteiger partial charge in [0.15, 0.2) is 0 Å². The molecule has 0 aromatic rings. The molecule has 0 aromatic carbocycles. The van der Waals surface area contributed by atoms with E-state index < -0.39 is 6.09 Å². The Balaban J connectivity index is 2.99. The van der Waals surface area contributed by atoms with Gasteiger partial charge in [0.2, 0.25) is 0 Å². The molecule has 1 amide bonds. The first kappa shape index (κ1) is 7.49. The van der Waals surface area contributed by atoms with Gasteiger partial charge in [0.05, 0.1) is 0 Å². The molecule has 0 saturated carbocycles. The molecule has 0 aromatic heterocycles. The third-order valence-electron chi connectivity index (χ3n) is 0.612. The third kappa shape index (κ3) is 3.67. The fourth-order valence-electron chi connectivity index (χ4n) is 0.263. The largest absolute Gasteiger partial charge is 0.501 e. The van der Waals surface area contributed by atoms with Gasteiger partial charge in [-0.25, -0.2) is 4.79 Å². The number of hydrogen-bond acceptors (Lipinski definition) is 2. The average molecular weight is 130 g/mol. The predicted molar refractivity (Wildman–Crippen MR) is 30.5 cm³/mol. The number of hydrogen-bond donors (Lipinski definition) is 1. The first-order valence-corrected chi connectivity index (χ1v) is 2.83. The van der Waals surface area contributed by atoms with E-state index in [1.165, 1.54) is 0 Å². The Kier molecular flexibility index (Phi) is 4.34. The van der Waals surface area contributed by atoms with Gasteiger partial charge >= 0.3 is 16.6 Å². The van der Waals surface area contributed by atoms with Crippen LogP contribution in [-0.4, -0.2) is 23.1 Å². The lowest BCUT2D eigenvalue weighted by Gasteiger charge is -1.98. The summed E-state index contributed by atoms with van der Waals surface area (Å²) in [5, 5.41) is 2.47. The van der Waals surface area contributed by atoms with Crippen molar-refractivity contribution in [3.63, 3.8) is 0 Å². The summed E-state index contributed by atoms with van der Waals surface area (Å²) >= 11 is 0. The average Bonchev–Trinajstić information content (AvgIpc) is 1.83. The maximum atomic E-state index is 10.2. The van der Waals surface area contributed by atoms with E-state index in [0.29, 0.717) is 6.54 Å². The van der Waals surface area contributed by atoms with E-state index in [1.807, 2.05) is 6.92 Å². The summed E-state index contributed by atoms with van der Waals surface area (Å²) in [6.07, 6.45) is 0.477. The van der Waals surface area contributed by atoms with Crippen molar-refractivity contribution >= 4 is 16.6 Å². The number of nitrogens with one attached hydrogen (secondary N) is 1. The molecular weight excluding hydrogens is 122 g/mol. The minimum atomic E-state index is -0.441. The zero-order valence-electron chi connectivity index (χ0n) is 4.73. The van der Waals surface area contributed by atoms with Crippen molar-refractivity contribution in [2.75, 3.05) is 6.54 Å². The van der Waals surface area contributed by atoms with Crippen molar-refractivity contribution in [3.8, 4) is 0 Å². The van der Waals surface area contributed by atoms with E-state index in [1.54, 1.807) is 0 Å². The monoisotopic (exact) mass is 130 g/mol. The van der Waals surface area contributed by atoms with Crippen LogP contribution in [0, 0.1) is 0 Å². The summed E-state index contributed by atoms with van der Waals surface area (Å²) < 4.78 is 4.11. The summed E-state index contributed by atoms with van der Waals surface area (Å²) in [6.45, 7) is 2.62. The molecule has 0 spiro atoms. The highest BCUT2D eigenvalue weighted by Crippen LogP contribution is 1.72. The summed E-state index contributed by atoms with van der Waals surface area (Å²) in [7, 11) is 2.58. The first-order valence-electron chi connectivity index (χ1n) is 2.42. The molecule has 0 aliphatic heterocycles. The maximum Gasteiger partial charge on any atom is 0.393 e. The quantitative estimate of drug-likeness (QED) is 0.542. The molecule has 0 heterocycles. The summed E-state index contributed by atoms with van der Waals surface area (Å²) in [5.74, 6) is 0. The van der Waals surface area contributed by atoms with Crippen LogP contribution in [0.1, 0.15) is 13.3 Å². The fourth-order valence-corrected chi connectivity index (χ4v) is 0.335. The number of carbonyl (C=O) groups is 1. The van der Waals surface area contributed by atoms with E-state index >= 15 is 0 Å². The highest BCUT2D eigenvalue weighted by atomic mass is 28.2. The molecule has 1 N–H and O–H groups in total. The van der Waals surface area contributed by atoms with Crippen molar-refractivity contribution in [1.29, 1.82) is 0 Å². The Morgan fingerprint density at radius 3 is 2.88 bits per heavy atom. The maximum absolute atomic E-state index is 10.2. The van der Waals surface area contributed by atoms with Gasteiger partial charge in [-0.2, -0.15) is 0 Å². The first-order chi connectivity index (χ1) is 3.81. The van der Waals surface area contributed by atoms with Crippen molar-refractivity contribution in [2.24, 2.45) is 0 Å². The lowest BCUT2D eigenvalue weighted by Crippen LogP contribution is -2.23. The zero-order valence-corrected chi connectivity index (χ0v) is 5.73. The van der Waals surface area contributed by atoms with Gasteiger partial charge in [-0.1, -0.05) is 6.92 Å². The number of amides is 1. The molecule has 0 aliphatic rings. The topological polar surface area (TPSA) is 38.3 Å². The van der Waals surface area contributed by atoms with Crippen LogP contribution >= 0.6 is 0 Å². The Morgan fingerprint density at radius 1 is 1.88 bits per heavy atom. The molecule has 0 rings (SSSR count). The second-order valence-corrected chi connectivity index (χ2v) is 1.52.